The van der Waals surface area contributed by atoms with E-state index in [1.807, 2.05) is 31.3 Å². The number of carbonyl (C=O) groups excluding carboxylic acids is 1. The van der Waals surface area contributed by atoms with Gasteiger partial charge in [-0.2, -0.15) is 13.2 Å². The fraction of sp³-hybridized carbons (Fsp3) is 0.346. The summed E-state index contributed by atoms with van der Waals surface area (Å²) in [6.45, 7) is 0.350. The van der Waals surface area contributed by atoms with Crippen LogP contribution < -0.4 is 20.1 Å². The number of nitrogens with one attached hydrogen (secondary N) is 2. The molecule has 1 aliphatic rings. The highest BCUT2D eigenvalue weighted by Gasteiger charge is 2.44. The Kier molecular flexibility index (Phi) is 9.76. The Morgan fingerprint density at radius 3 is 2.27 bits per heavy atom. The number of nitrogens with zero attached hydrogens (tertiary/aromatic N) is 3. The fourth-order valence-electron chi connectivity index (χ4n) is 3.79. The predicted octanol–water partition coefficient (Wildman–Crippen LogP) is 3.51. The van der Waals surface area contributed by atoms with Crippen molar-refractivity contribution in [1.82, 2.24) is 20.3 Å². The van der Waals surface area contributed by atoms with Crippen molar-refractivity contribution in [3.05, 3.63) is 59.9 Å². The minimum absolute atomic E-state index is 0.107. The molecule has 1 aliphatic carbocycles. The predicted molar refractivity (Wildman–Crippen MR) is 138 cm³/mol. The van der Waals surface area contributed by atoms with Gasteiger partial charge in [-0.1, -0.05) is 11.6 Å². The number of aromatic nitrogens is 3. The molecule has 0 aliphatic heterocycles. The molecule has 3 aromatic rings. The third kappa shape index (κ3) is 7.86. The molecule has 0 atom stereocenters. The second kappa shape index (κ2) is 13.0. The third-order valence-corrected chi connectivity index (χ3v) is 6.35. The highest BCUT2D eigenvalue weighted by Crippen LogP contribution is 2.40. The summed E-state index contributed by atoms with van der Waals surface area (Å²) >= 11 is 0. The Balaban J connectivity index is 0.000000587. The van der Waals surface area contributed by atoms with Crippen molar-refractivity contribution in [1.29, 1.82) is 0 Å². The zero-order valence-corrected chi connectivity index (χ0v) is 22.1. The van der Waals surface area contributed by atoms with Gasteiger partial charge in [0.25, 0.3) is 5.91 Å². The van der Waals surface area contributed by atoms with Gasteiger partial charge >= 0.3 is 18.1 Å². The number of rotatable bonds is 10. The number of hydrogen-bond donors (Lipinski definition) is 4. The van der Waals surface area contributed by atoms with E-state index in [0.29, 0.717) is 41.3 Å². The van der Waals surface area contributed by atoms with Crippen LogP contribution in [-0.4, -0.2) is 69.9 Å². The first-order valence-electron chi connectivity index (χ1n) is 12.2. The van der Waals surface area contributed by atoms with Gasteiger partial charge in [-0.3, -0.25) is 9.59 Å². The summed E-state index contributed by atoms with van der Waals surface area (Å²) < 4.78 is 44.5. The fourth-order valence-corrected chi connectivity index (χ4v) is 3.79. The molecule has 1 saturated carbocycles. The number of aliphatic carboxylic acids is 2. The van der Waals surface area contributed by atoms with E-state index in [1.54, 1.807) is 29.1 Å². The van der Waals surface area contributed by atoms with Crippen LogP contribution in [0.1, 0.15) is 35.3 Å². The molecule has 1 aromatic heterocycles. The Labute approximate surface area is 232 Å². The van der Waals surface area contributed by atoms with E-state index in [9.17, 15) is 27.9 Å². The molecule has 0 spiro atoms. The van der Waals surface area contributed by atoms with Gasteiger partial charge in [0.1, 0.15) is 29.5 Å². The second-order valence-electron chi connectivity index (χ2n) is 9.03. The first kappa shape index (κ1) is 30.7. The van der Waals surface area contributed by atoms with Crippen LogP contribution in [0.2, 0.25) is 0 Å². The van der Waals surface area contributed by atoms with E-state index in [-0.39, 0.29) is 19.1 Å². The molecule has 0 bridgehead atoms. The van der Waals surface area contributed by atoms with E-state index < -0.39 is 23.5 Å². The Morgan fingerprint density at radius 2 is 1.76 bits per heavy atom. The second-order valence-corrected chi connectivity index (χ2v) is 9.03. The van der Waals surface area contributed by atoms with Gasteiger partial charge in [0.15, 0.2) is 0 Å². The number of anilines is 1. The van der Waals surface area contributed by atoms with Gasteiger partial charge in [0.2, 0.25) is 0 Å². The van der Waals surface area contributed by atoms with Crippen LogP contribution in [0.5, 0.6) is 11.5 Å². The minimum atomic E-state index is -5.08. The van der Waals surface area contributed by atoms with Gasteiger partial charge < -0.3 is 30.3 Å². The molecule has 1 heterocycles. The molecule has 220 valence electrons. The van der Waals surface area contributed by atoms with Crippen LogP contribution in [0.3, 0.4) is 0 Å². The smallest absolute Gasteiger partial charge is 0.490 e. The number of halogens is 3. The maximum atomic E-state index is 12.6. The summed E-state index contributed by atoms with van der Waals surface area (Å²) in [7, 11) is 3.36. The van der Waals surface area contributed by atoms with Gasteiger partial charge in [-0.25, -0.2) is 9.48 Å². The molecule has 1 fully saturated rings. The zero-order valence-electron chi connectivity index (χ0n) is 22.1. The largest absolute Gasteiger partial charge is 0.494 e. The first-order chi connectivity index (χ1) is 19.4. The Bertz CT molecular complexity index is 1370. The SMILES string of the molecule is CNc1ccc(OCc2cn(-c3ccc(C(=O)NCC4(C(=O)O)CCC4)cc3OC)nn2)cc1.O=C(O)C(F)(F)F. The number of hydrogen-bond acceptors (Lipinski definition) is 8. The van der Waals surface area contributed by atoms with E-state index in [2.05, 4.69) is 20.9 Å². The quantitative estimate of drug-likeness (QED) is 0.279. The molecule has 2 aromatic carbocycles. The number of carbonyl (C=O) groups is 3. The monoisotopic (exact) mass is 579 g/mol. The van der Waals surface area contributed by atoms with Crippen LogP contribution >= 0.6 is 0 Å². The molecule has 4 N–H and O–H groups in total. The number of ether oxygens (including phenoxy) is 2. The highest BCUT2D eigenvalue weighted by molar-refractivity contribution is 5.95. The lowest BCUT2D eigenvalue weighted by Gasteiger charge is -2.37. The lowest BCUT2D eigenvalue weighted by molar-refractivity contribution is -0.192. The summed E-state index contributed by atoms with van der Waals surface area (Å²) in [5.74, 6) is -2.83. The van der Waals surface area contributed by atoms with Crippen LogP contribution in [0.15, 0.2) is 48.7 Å². The number of carboxylic acid groups (broad SMARTS) is 2. The lowest BCUT2D eigenvalue weighted by Crippen LogP contribution is -2.47. The normalized spacial score (nSPS) is 13.6. The van der Waals surface area contributed by atoms with Crippen molar-refractivity contribution in [3.8, 4) is 17.2 Å². The summed E-state index contributed by atoms with van der Waals surface area (Å²) in [6, 6.07) is 12.5. The van der Waals surface area contributed by atoms with Crippen molar-refractivity contribution in [2.24, 2.45) is 5.41 Å². The molecule has 4 rings (SSSR count). The van der Waals surface area contributed by atoms with Crippen LogP contribution in [0, 0.1) is 5.41 Å². The topological polar surface area (TPSA) is 165 Å². The molecule has 0 unspecified atom stereocenters. The van der Waals surface area contributed by atoms with E-state index in [4.69, 9.17) is 19.4 Å². The van der Waals surface area contributed by atoms with Crippen LogP contribution in [-0.2, 0) is 16.2 Å². The maximum Gasteiger partial charge on any atom is 0.490 e. The number of benzene rings is 2. The number of amides is 1. The highest BCUT2D eigenvalue weighted by atomic mass is 19.4. The number of alkyl halides is 3. The lowest BCUT2D eigenvalue weighted by atomic mass is 9.69. The van der Waals surface area contributed by atoms with Gasteiger partial charge in [-0.15, -0.1) is 5.10 Å². The molecule has 1 amide bonds. The van der Waals surface area contributed by atoms with Gasteiger partial charge in [0.05, 0.1) is 18.7 Å². The van der Waals surface area contributed by atoms with Gasteiger partial charge in [0, 0.05) is 24.8 Å². The van der Waals surface area contributed by atoms with E-state index in [0.717, 1.165) is 12.1 Å². The Hall–Kier alpha value is -4.82. The molecule has 41 heavy (non-hydrogen) atoms. The summed E-state index contributed by atoms with van der Waals surface area (Å²) in [5, 5.41) is 30.7. The van der Waals surface area contributed by atoms with Crippen molar-refractivity contribution in [2.75, 3.05) is 26.0 Å². The Morgan fingerprint density at radius 1 is 1.10 bits per heavy atom. The molecular formula is C26H28F3N5O7. The maximum absolute atomic E-state index is 12.6. The molecule has 12 nitrogen and oxygen atoms in total. The van der Waals surface area contributed by atoms with Gasteiger partial charge in [-0.05, 0) is 55.3 Å². The minimum Gasteiger partial charge on any atom is -0.494 e. The van der Waals surface area contributed by atoms with E-state index in [1.165, 1.54) is 7.11 Å². The van der Waals surface area contributed by atoms with Crippen molar-refractivity contribution >= 4 is 23.5 Å². The summed E-state index contributed by atoms with van der Waals surface area (Å²) in [4.78, 5) is 33.0. The molecule has 15 heteroatoms. The van der Waals surface area contributed by atoms with Crippen LogP contribution in [0.25, 0.3) is 5.69 Å². The standard InChI is InChI=1S/C24H27N5O5.C2HF3O2/c1-25-17-5-7-19(8-6-17)34-14-18-13-29(28-27-18)20-9-4-16(12-21(20)33-2)22(30)26-15-24(23(31)32)10-3-11-24;3-2(4,5)1(6)7/h4-9,12-13,25H,3,10-11,14-15H2,1-2H3,(H,26,30)(H,31,32);(H,6,7). The number of carboxylic acids is 2. The third-order valence-electron chi connectivity index (χ3n) is 6.35. The zero-order chi connectivity index (χ0) is 30.2. The van der Waals surface area contributed by atoms with Crippen molar-refractivity contribution in [2.45, 2.75) is 32.0 Å². The van der Waals surface area contributed by atoms with E-state index >= 15 is 0 Å². The number of methoxy groups -OCH3 is 1. The molecule has 0 saturated heterocycles. The average molecular weight is 580 g/mol. The van der Waals surface area contributed by atoms with Crippen LogP contribution in [0.4, 0.5) is 18.9 Å². The summed E-state index contributed by atoms with van der Waals surface area (Å²) in [5.41, 5.74) is 1.74. The summed E-state index contributed by atoms with van der Waals surface area (Å²) in [6.07, 6.45) is -1.35. The average Bonchev–Trinajstić information content (AvgIpc) is 3.39. The molecule has 0 radical (unpaired) electrons. The van der Waals surface area contributed by atoms with Crippen molar-refractivity contribution in [3.63, 3.8) is 0 Å². The molecular weight excluding hydrogens is 551 g/mol. The van der Waals surface area contributed by atoms with Crippen molar-refractivity contribution < 1.29 is 47.2 Å². The first-order valence-corrected chi connectivity index (χ1v) is 12.2.